The highest BCUT2D eigenvalue weighted by molar-refractivity contribution is 6.22. The molecule has 0 radical (unpaired) electrons. The number of oxazole rings is 1. The van der Waals surface area contributed by atoms with Crippen LogP contribution < -0.4 is 0 Å². The first-order chi connectivity index (χ1) is 27.7. The number of nitrogens with zero attached hydrogens (tertiary/aromatic N) is 4. The Morgan fingerprint density at radius 3 is 1.57 bits per heavy atom. The largest absolute Gasteiger partial charge is 0.456 e. The fourth-order valence-electron chi connectivity index (χ4n) is 7.74. The van der Waals surface area contributed by atoms with E-state index < -0.39 is 0 Å². The molecule has 11 rings (SSSR count). The van der Waals surface area contributed by atoms with Gasteiger partial charge in [0.15, 0.2) is 23.1 Å². The highest BCUT2D eigenvalue weighted by Gasteiger charge is 2.23. The zero-order chi connectivity index (χ0) is 37.0. The average Bonchev–Trinajstić information content (AvgIpc) is 3.87. The number of aromatic nitrogens is 4. The topological polar surface area (TPSA) is 77.8 Å². The van der Waals surface area contributed by atoms with Crippen molar-refractivity contribution in [3.05, 3.63) is 182 Å². The molecule has 56 heavy (non-hydrogen) atoms. The second kappa shape index (κ2) is 13.0. The Morgan fingerprint density at radius 2 is 0.857 bits per heavy atom. The van der Waals surface area contributed by atoms with Crippen molar-refractivity contribution in [2.45, 2.75) is 0 Å². The van der Waals surface area contributed by atoms with Gasteiger partial charge in [-0.2, -0.15) is 0 Å². The van der Waals surface area contributed by atoms with E-state index in [4.69, 9.17) is 28.8 Å². The van der Waals surface area contributed by atoms with Crippen molar-refractivity contribution in [2.75, 3.05) is 0 Å². The minimum absolute atomic E-state index is 0.558. The number of hydrogen-bond donors (Lipinski definition) is 0. The second-order valence-electron chi connectivity index (χ2n) is 13.8. The van der Waals surface area contributed by atoms with Crippen LogP contribution in [0, 0.1) is 0 Å². The fraction of sp³-hybridized carbons (Fsp3) is 0. The van der Waals surface area contributed by atoms with Crippen LogP contribution in [0.5, 0.6) is 0 Å². The Bertz CT molecular complexity index is 3230. The molecule has 0 atom stereocenters. The van der Waals surface area contributed by atoms with Gasteiger partial charge in [0.1, 0.15) is 16.7 Å². The Kier molecular flexibility index (Phi) is 7.38. The van der Waals surface area contributed by atoms with E-state index in [-0.39, 0.29) is 0 Å². The third kappa shape index (κ3) is 5.35. The lowest BCUT2D eigenvalue weighted by Crippen LogP contribution is -2.00. The molecule has 8 aromatic carbocycles. The first-order valence-electron chi connectivity index (χ1n) is 18.6. The summed E-state index contributed by atoms with van der Waals surface area (Å²) in [5, 5.41) is 4.02. The number of hydrogen-bond acceptors (Lipinski definition) is 6. The van der Waals surface area contributed by atoms with Crippen molar-refractivity contribution in [3.8, 4) is 67.9 Å². The normalized spacial score (nSPS) is 11.6. The van der Waals surface area contributed by atoms with Crippen LogP contribution in [0.4, 0.5) is 0 Å². The molecule has 0 fully saturated rings. The highest BCUT2D eigenvalue weighted by atomic mass is 16.4. The van der Waals surface area contributed by atoms with Crippen LogP contribution >= 0.6 is 0 Å². The van der Waals surface area contributed by atoms with Crippen molar-refractivity contribution in [1.29, 1.82) is 0 Å². The predicted molar refractivity (Wildman–Crippen MR) is 225 cm³/mol. The number of para-hydroxylation sites is 1. The van der Waals surface area contributed by atoms with Crippen LogP contribution in [0.1, 0.15) is 0 Å². The summed E-state index contributed by atoms with van der Waals surface area (Å²) in [7, 11) is 0. The van der Waals surface area contributed by atoms with Gasteiger partial charge in [0, 0.05) is 44.7 Å². The zero-order valence-electron chi connectivity index (χ0n) is 29.9. The second-order valence-corrected chi connectivity index (χ2v) is 13.8. The van der Waals surface area contributed by atoms with Gasteiger partial charge in [0.2, 0.25) is 5.89 Å². The van der Waals surface area contributed by atoms with Gasteiger partial charge in [-0.25, -0.2) is 19.9 Å². The standard InChI is InChI=1S/C50H30N4O2/c1-4-14-31(15-5-1)32-26-28-34(29-27-32)48-52-47(33-16-6-2-7-17-33)53-49(54-48)39-24-13-21-36-37(39)22-12-23-38(36)45-44-40-20-10-11-25-42(40)55-43(44)30-41-46(45)56-50(51-41)35-18-8-3-9-19-35/h1-30H. The van der Waals surface area contributed by atoms with Crippen LogP contribution in [0.15, 0.2) is 191 Å². The molecule has 6 nitrogen and oxygen atoms in total. The summed E-state index contributed by atoms with van der Waals surface area (Å²) < 4.78 is 13.2. The molecule has 0 spiro atoms. The summed E-state index contributed by atoms with van der Waals surface area (Å²) >= 11 is 0. The summed E-state index contributed by atoms with van der Waals surface area (Å²) in [5.74, 6) is 2.36. The predicted octanol–water partition coefficient (Wildman–Crippen LogP) is 13.1. The molecule has 0 N–H and O–H groups in total. The van der Waals surface area contributed by atoms with E-state index in [0.717, 1.165) is 82.7 Å². The lowest BCUT2D eigenvalue weighted by molar-refractivity contribution is 0.621. The van der Waals surface area contributed by atoms with Crippen LogP contribution in [0.3, 0.4) is 0 Å². The van der Waals surface area contributed by atoms with Crippen molar-refractivity contribution in [3.63, 3.8) is 0 Å². The van der Waals surface area contributed by atoms with Gasteiger partial charge in [-0.15, -0.1) is 0 Å². The summed E-state index contributed by atoms with van der Waals surface area (Å²) in [6.45, 7) is 0. The molecule has 0 unspecified atom stereocenters. The van der Waals surface area contributed by atoms with E-state index in [1.807, 2.05) is 91.0 Å². The van der Waals surface area contributed by atoms with Crippen molar-refractivity contribution in [1.82, 2.24) is 19.9 Å². The van der Waals surface area contributed by atoms with Crippen molar-refractivity contribution >= 4 is 43.8 Å². The highest BCUT2D eigenvalue weighted by Crippen LogP contribution is 2.45. The monoisotopic (exact) mass is 718 g/mol. The summed E-state index contributed by atoms with van der Waals surface area (Å²) in [6.07, 6.45) is 0. The van der Waals surface area contributed by atoms with E-state index in [1.165, 1.54) is 0 Å². The molecule has 6 heteroatoms. The maximum atomic E-state index is 6.71. The third-order valence-electron chi connectivity index (χ3n) is 10.4. The van der Waals surface area contributed by atoms with E-state index in [2.05, 4.69) is 91.0 Å². The zero-order valence-corrected chi connectivity index (χ0v) is 29.9. The smallest absolute Gasteiger partial charge is 0.227 e. The number of rotatable bonds is 6. The summed E-state index contributed by atoms with van der Waals surface area (Å²) in [4.78, 5) is 20.3. The van der Waals surface area contributed by atoms with Crippen molar-refractivity contribution in [2.24, 2.45) is 0 Å². The molecule has 0 amide bonds. The molecule has 0 aliphatic heterocycles. The number of fused-ring (bicyclic) bond motifs is 5. The minimum Gasteiger partial charge on any atom is -0.456 e. The molecule has 0 aliphatic rings. The molecule has 0 saturated carbocycles. The summed E-state index contributed by atoms with van der Waals surface area (Å²) in [5.41, 5.74) is 10.8. The Balaban J connectivity index is 1.13. The van der Waals surface area contributed by atoms with Crippen LogP contribution in [0.25, 0.3) is 112 Å². The van der Waals surface area contributed by atoms with Crippen LogP contribution in [-0.4, -0.2) is 19.9 Å². The fourth-order valence-corrected chi connectivity index (χ4v) is 7.74. The maximum absolute atomic E-state index is 6.71. The van der Waals surface area contributed by atoms with E-state index in [0.29, 0.717) is 28.9 Å². The lowest BCUT2D eigenvalue weighted by atomic mass is 9.92. The van der Waals surface area contributed by atoms with Gasteiger partial charge in [0.05, 0.1) is 0 Å². The van der Waals surface area contributed by atoms with Crippen molar-refractivity contribution < 1.29 is 8.83 Å². The molecule has 3 heterocycles. The van der Waals surface area contributed by atoms with Crippen LogP contribution in [0.2, 0.25) is 0 Å². The van der Waals surface area contributed by atoms with E-state index in [9.17, 15) is 0 Å². The van der Waals surface area contributed by atoms with Gasteiger partial charge >= 0.3 is 0 Å². The SMILES string of the molecule is c1ccc(-c2ccc(-c3nc(-c4ccccc4)nc(-c4cccc5c(-c6c7oc(-c8ccccc8)nc7cc7oc8ccccc8c67)cccc45)n3)cc2)cc1. The molecule has 11 aromatic rings. The number of benzene rings is 8. The first kappa shape index (κ1) is 31.8. The van der Waals surface area contributed by atoms with Gasteiger partial charge < -0.3 is 8.83 Å². The van der Waals surface area contributed by atoms with Gasteiger partial charge in [-0.05, 0) is 45.7 Å². The summed E-state index contributed by atoms with van der Waals surface area (Å²) in [6, 6.07) is 61.7. The lowest BCUT2D eigenvalue weighted by Gasteiger charge is -2.13. The molecule has 262 valence electrons. The van der Waals surface area contributed by atoms with Gasteiger partial charge in [0.25, 0.3) is 0 Å². The van der Waals surface area contributed by atoms with E-state index in [1.54, 1.807) is 0 Å². The minimum atomic E-state index is 0.558. The Morgan fingerprint density at radius 1 is 0.339 bits per heavy atom. The Labute approximate surface area is 321 Å². The quantitative estimate of drug-likeness (QED) is 0.170. The third-order valence-corrected chi connectivity index (χ3v) is 10.4. The van der Waals surface area contributed by atoms with E-state index >= 15 is 0 Å². The average molecular weight is 719 g/mol. The van der Waals surface area contributed by atoms with Gasteiger partial charge in [-0.3, -0.25) is 0 Å². The molecular formula is C50H30N4O2. The molecule has 0 aliphatic carbocycles. The molecule has 0 saturated heterocycles. The number of furan rings is 1. The van der Waals surface area contributed by atoms with Gasteiger partial charge in [-0.1, -0.05) is 158 Å². The Hall–Kier alpha value is -7.70. The maximum Gasteiger partial charge on any atom is 0.227 e. The van der Waals surface area contributed by atoms with Crippen LogP contribution in [-0.2, 0) is 0 Å². The molecular weight excluding hydrogens is 689 g/mol. The first-order valence-corrected chi connectivity index (χ1v) is 18.6. The molecule has 0 bridgehead atoms. The molecule has 3 aromatic heterocycles.